The van der Waals surface area contributed by atoms with Gasteiger partial charge >= 0.3 is 0 Å². The molecule has 84 valence electrons. The first kappa shape index (κ1) is 10.6. The van der Waals surface area contributed by atoms with Crippen LogP contribution in [0.4, 0.5) is 0 Å². The molecule has 0 aromatic carbocycles. The first-order chi connectivity index (χ1) is 7.31. The van der Waals surface area contributed by atoms with Crippen molar-refractivity contribution in [2.45, 2.75) is 25.2 Å². The molecule has 0 saturated carbocycles. The average molecular weight is 209 g/mol. The maximum Gasteiger partial charge on any atom is 0.144 e. The number of hydrogen-bond acceptors (Lipinski definition) is 4. The number of piperidine rings is 1. The van der Waals surface area contributed by atoms with Crippen LogP contribution >= 0.6 is 0 Å². The van der Waals surface area contributed by atoms with Crippen molar-refractivity contribution < 1.29 is 4.52 Å². The fourth-order valence-corrected chi connectivity index (χ4v) is 2.33. The molecule has 1 fully saturated rings. The number of rotatable bonds is 3. The molecule has 1 aromatic rings. The second-order valence-electron chi connectivity index (χ2n) is 4.36. The van der Waals surface area contributed by atoms with Crippen LogP contribution in [0, 0.1) is 0 Å². The number of nitrogens with two attached hydrogens (primary N) is 1. The summed E-state index contributed by atoms with van der Waals surface area (Å²) >= 11 is 0. The van der Waals surface area contributed by atoms with Crippen LogP contribution < -0.4 is 5.73 Å². The number of likely N-dealkylation sites (tertiary alicyclic amines) is 1. The summed E-state index contributed by atoms with van der Waals surface area (Å²) in [5.74, 6) is 1.57. The highest BCUT2D eigenvalue weighted by atomic mass is 16.5. The van der Waals surface area contributed by atoms with E-state index in [1.165, 1.54) is 24.9 Å². The molecule has 0 bridgehead atoms. The molecule has 15 heavy (non-hydrogen) atoms. The Morgan fingerprint density at radius 1 is 1.67 bits per heavy atom. The van der Waals surface area contributed by atoms with Crippen molar-refractivity contribution >= 4 is 0 Å². The number of nitrogens with zero attached hydrogens (tertiary/aromatic N) is 2. The lowest BCUT2D eigenvalue weighted by Crippen LogP contribution is -2.31. The van der Waals surface area contributed by atoms with Crippen molar-refractivity contribution in [2.24, 2.45) is 5.73 Å². The van der Waals surface area contributed by atoms with Crippen molar-refractivity contribution in [1.82, 2.24) is 10.1 Å². The van der Waals surface area contributed by atoms with E-state index < -0.39 is 0 Å². The fourth-order valence-electron chi connectivity index (χ4n) is 2.33. The van der Waals surface area contributed by atoms with Gasteiger partial charge in [0.15, 0.2) is 0 Å². The summed E-state index contributed by atoms with van der Waals surface area (Å²) in [6.07, 6.45) is 5.14. The van der Waals surface area contributed by atoms with Gasteiger partial charge in [0.2, 0.25) is 0 Å². The molecule has 2 rings (SSSR count). The molecular weight excluding hydrogens is 190 g/mol. The van der Waals surface area contributed by atoms with E-state index in [1.807, 2.05) is 6.20 Å². The molecule has 1 saturated heterocycles. The summed E-state index contributed by atoms with van der Waals surface area (Å²) in [5.41, 5.74) is 6.76. The van der Waals surface area contributed by atoms with Gasteiger partial charge in [-0.2, -0.15) is 0 Å². The molecule has 1 unspecified atom stereocenters. The van der Waals surface area contributed by atoms with E-state index in [0.29, 0.717) is 12.5 Å². The van der Waals surface area contributed by atoms with Crippen molar-refractivity contribution in [1.29, 1.82) is 0 Å². The summed E-state index contributed by atoms with van der Waals surface area (Å²) < 4.78 is 5.37. The third-order valence-electron chi connectivity index (χ3n) is 3.09. The summed E-state index contributed by atoms with van der Waals surface area (Å²) in [5, 5.41) is 3.89. The van der Waals surface area contributed by atoms with E-state index in [2.05, 4.69) is 17.1 Å². The lowest BCUT2D eigenvalue weighted by atomic mass is 9.93. The molecule has 2 N–H and O–H groups in total. The quantitative estimate of drug-likeness (QED) is 0.806. The minimum Gasteiger partial charge on any atom is -0.361 e. The van der Waals surface area contributed by atoms with Gasteiger partial charge < -0.3 is 15.2 Å². The zero-order valence-electron chi connectivity index (χ0n) is 9.28. The molecule has 1 atom stereocenters. The summed E-state index contributed by atoms with van der Waals surface area (Å²) in [6.45, 7) is 2.93. The van der Waals surface area contributed by atoms with Gasteiger partial charge in [-0.15, -0.1) is 0 Å². The van der Waals surface area contributed by atoms with Crippen LogP contribution in [-0.4, -0.2) is 36.7 Å². The van der Waals surface area contributed by atoms with Crippen molar-refractivity contribution in [3.8, 4) is 0 Å². The maximum atomic E-state index is 5.57. The summed E-state index contributed by atoms with van der Waals surface area (Å²) in [6, 6.07) is 0. The highest BCUT2D eigenvalue weighted by molar-refractivity contribution is 5.19. The molecule has 1 aliphatic heterocycles. The van der Waals surface area contributed by atoms with Crippen LogP contribution in [0.3, 0.4) is 0 Å². The summed E-state index contributed by atoms with van der Waals surface area (Å²) in [7, 11) is 2.16. The Labute approximate surface area is 90.4 Å². The molecule has 1 aromatic heterocycles. The second-order valence-corrected chi connectivity index (χ2v) is 4.36. The zero-order chi connectivity index (χ0) is 10.7. The van der Waals surface area contributed by atoms with Gasteiger partial charge in [0.1, 0.15) is 5.76 Å². The second kappa shape index (κ2) is 4.77. The Morgan fingerprint density at radius 3 is 3.27 bits per heavy atom. The fraction of sp³-hybridized carbons (Fsp3) is 0.727. The molecule has 0 aliphatic carbocycles. The Bertz CT molecular complexity index is 311. The first-order valence-corrected chi connectivity index (χ1v) is 5.63. The van der Waals surface area contributed by atoms with Crippen LogP contribution in [0.1, 0.15) is 30.1 Å². The topological polar surface area (TPSA) is 55.3 Å². The SMILES string of the molecule is CN1CCCC(c2oncc2CCN)C1. The molecule has 0 amide bonds. The van der Waals surface area contributed by atoms with E-state index in [-0.39, 0.29) is 0 Å². The highest BCUT2D eigenvalue weighted by Gasteiger charge is 2.24. The lowest BCUT2D eigenvalue weighted by molar-refractivity contribution is 0.223. The largest absolute Gasteiger partial charge is 0.361 e. The lowest BCUT2D eigenvalue weighted by Gasteiger charge is -2.28. The smallest absolute Gasteiger partial charge is 0.144 e. The zero-order valence-corrected chi connectivity index (χ0v) is 9.28. The number of likely N-dealkylation sites (N-methyl/N-ethyl adjacent to an activating group) is 1. The van der Waals surface area contributed by atoms with E-state index in [9.17, 15) is 0 Å². The Morgan fingerprint density at radius 2 is 2.53 bits per heavy atom. The first-order valence-electron chi connectivity index (χ1n) is 5.63. The Balaban J connectivity index is 2.10. The van der Waals surface area contributed by atoms with E-state index in [0.717, 1.165) is 18.7 Å². The van der Waals surface area contributed by atoms with Crippen LogP contribution in [0.15, 0.2) is 10.7 Å². The third kappa shape index (κ3) is 2.38. The third-order valence-corrected chi connectivity index (χ3v) is 3.09. The van der Waals surface area contributed by atoms with Crippen molar-refractivity contribution in [2.75, 3.05) is 26.7 Å². The monoisotopic (exact) mass is 209 g/mol. The molecular formula is C11H19N3O. The van der Waals surface area contributed by atoms with Gasteiger partial charge in [-0.1, -0.05) is 5.16 Å². The Hall–Kier alpha value is -0.870. The molecule has 2 heterocycles. The minimum atomic E-state index is 0.507. The van der Waals surface area contributed by atoms with Gasteiger partial charge in [0, 0.05) is 18.0 Å². The van der Waals surface area contributed by atoms with Gasteiger partial charge in [-0.3, -0.25) is 0 Å². The van der Waals surface area contributed by atoms with Gasteiger partial charge in [-0.05, 0) is 39.4 Å². The average Bonchev–Trinajstić information content (AvgIpc) is 2.66. The standard InChI is InChI=1S/C11H19N3O/c1-14-6-2-3-10(8-14)11-9(4-5-12)7-13-15-11/h7,10H,2-6,8,12H2,1H3. The predicted molar refractivity (Wildman–Crippen MR) is 58.7 cm³/mol. The van der Waals surface area contributed by atoms with Crippen molar-refractivity contribution in [3.05, 3.63) is 17.5 Å². The van der Waals surface area contributed by atoms with Crippen molar-refractivity contribution in [3.63, 3.8) is 0 Å². The van der Waals surface area contributed by atoms with E-state index in [1.54, 1.807) is 0 Å². The van der Waals surface area contributed by atoms with Gasteiger partial charge in [0.25, 0.3) is 0 Å². The van der Waals surface area contributed by atoms with Crippen LogP contribution in [0.25, 0.3) is 0 Å². The molecule has 4 heteroatoms. The predicted octanol–water partition coefficient (Wildman–Crippen LogP) is 0.985. The molecule has 1 aliphatic rings. The van der Waals surface area contributed by atoms with Crippen LogP contribution in [-0.2, 0) is 6.42 Å². The highest BCUT2D eigenvalue weighted by Crippen LogP contribution is 2.28. The van der Waals surface area contributed by atoms with Gasteiger partial charge in [0.05, 0.1) is 6.20 Å². The van der Waals surface area contributed by atoms with E-state index >= 15 is 0 Å². The molecule has 0 radical (unpaired) electrons. The summed E-state index contributed by atoms with van der Waals surface area (Å²) in [4.78, 5) is 2.35. The normalized spacial score (nSPS) is 23.2. The van der Waals surface area contributed by atoms with Crippen LogP contribution in [0.2, 0.25) is 0 Å². The Kier molecular flexibility index (Phi) is 3.38. The van der Waals surface area contributed by atoms with E-state index in [4.69, 9.17) is 10.3 Å². The van der Waals surface area contributed by atoms with Crippen LogP contribution in [0.5, 0.6) is 0 Å². The van der Waals surface area contributed by atoms with Gasteiger partial charge in [-0.25, -0.2) is 0 Å². The molecule has 0 spiro atoms. The maximum absolute atomic E-state index is 5.57. The number of hydrogen-bond donors (Lipinski definition) is 1. The number of aromatic nitrogens is 1. The minimum absolute atomic E-state index is 0.507. The molecule has 4 nitrogen and oxygen atoms in total.